The molecule has 0 fully saturated rings. The fraction of sp³-hybridized carbons (Fsp3) is 0.385. The van der Waals surface area contributed by atoms with Crippen LogP contribution in [-0.2, 0) is 22.6 Å². The molecular formula is C13H15BrO4. The summed E-state index contributed by atoms with van der Waals surface area (Å²) >= 11 is 3.09. The number of carbonyl (C=O) groups is 2. The summed E-state index contributed by atoms with van der Waals surface area (Å²) in [4.78, 5) is 23.3. The minimum absolute atomic E-state index is 0.0318. The van der Waals surface area contributed by atoms with Gasteiger partial charge in [-0.3, -0.25) is 4.79 Å². The molecule has 98 valence electrons. The Bertz CT molecular complexity index is 443. The second-order valence-electron chi connectivity index (χ2n) is 3.68. The highest BCUT2D eigenvalue weighted by Gasteiger charge is 2.18. The van der Waals surface area contributed by atoms with Crippen molar-refractivity contribution in [3.05, 3.63) is 34.9 Å². The number of Topliss-reactive ketones (excluding diaryl/α,β-unsaturated/α-hetero) is 1. The number of hydrogen-bond donors (Lipinski definition) is 1. The van der Waals surface area contributed by atoms with E-state index in [1.54, 1.807) is 25.1 Å². The SMILES string of the molecule is CCOC(=O)c1c(CO)cccc1CC(=O)CBr. The van der Waals surface area contributed by atoms with Gasteiger partial charge in [0.25, 0.3) is 0 Å². The molecule has 0 heterocycles. The van der Waals surface area contributed by atoms with E-state index < -0.39 is 5.97 Å². The van der Waals surface area contributed by atoms with Crippen molar-refractivity contribution >= 4 is 27.7 Å². The lowest BCUT2D eigenvalue weighted by Gasteiger charge is -2.11. The summed E-state index contributed by atoms with van der Waals surface area (Å²) < 4.78 is 4.95. The van der Waals surface area contributed by atoms with Crippen LogP contribution in [0.1, 0.15) is 28.4 Å². The van der Waals surface area contributed by atoms with Crippen LogP contribution in [0.2, 0.25) is 0 Å². The van der Waals surface area contributed by atoms with Crippen LogP contribution >= 0.6 is 15.9 Å². The number of aliphatic hydroxyl groups excluding tert-OH is 1. The zero-order valence-electron chi connectivity index (χ0n) is 10.1. The van der Waals surface area contributed by atoms with E-state index in [1.165, 1.54) is 0 Å². The van der Waals surface area contributed by atoms with Gasteiger partial charge in [-0.05, 0) is 18.1 Å². The third-order valence-electron chi connectivity index (χ3n) is 2.42. The Morgan fingerprint density at radius 3 is 2.56 bits per heavy atom. The van der Waals surface area contributed by atoms with Crippen molar-refractivity contribution in [1.82, 2.24) is 0 Å². The summed E-state index contributed by atoms with van der Waals surface area (Å²) in [5, 5.41) is 9.48. The van der Waals surface area contributed by atoms with Gasteiger partial charge >= 0.3 is 5.97 Å². The molecule has 1 aromatic carbocycles. The van der Waals surface area contributed by atoms with Crippen molar-refractivity contribution in [1.29, 1.82) is 0 Å². The minimum atomic E-state index is -0.500. The van der Waals surface area contributed by atoms with E-state index in [1.807, 2.05) is 0 Å². The first-order valence-corrected chi connectivity index (χ1v) is 6.72. The van der Waals surface area contributed by atoms with Crippen LogP contribution in [0.4, 0.5) is 0 Å². The van der Waals surface area contributed by atoms with Gasteiger partial charge < -0.3 is 9.84 Å². The number of carbonyl (C=O) groups excluding carboxylic acids is 2. The quantitative estimate of drug-likeness (QED) is 0.643. The molecule has 1 aromatic rings. The Hall–Kier alpha value is -1.20. The third-order valence-corrected chi connectivity index (χ3v) is 3.05. The highest BCUT2D eigenvalue weighted by atomic mass is 79.9. The average molecular weight is 315 g/mol. The van der Waals surface area contributed by atoms with Crippen molar-refractivity contribution in [3.8, 4) is 0 Å². The Kier molecular flexibility index (Phi) is 6.01. The first kappa shape index (κ1) is 14.9. The van der Waals surface area contributed by atoms with Crippen molar-refractivity contribution < 1.29 is 19.4 Å². The van der Waals surface area contributed by atoms with Gasteiger partial charge in [0.15, 0.2) is 0 Å². The molecule has 0 saturated heterocycles. The lowest BCUT2D eigenvalue weighted by Crippen LogP contribution is -2.14. The number of alkyl halides is 1. The van der Waals surface area contributed by atoms with E-state index in [0.29, 0.717) is 16.7 Å². The molecule has 4 nitrogen and oxygen atoms in total. The molecule has 1 N–H and O–H groups in total. The average Bonchev–Trinajstić information content (AvgIpc) is 2.38. The van der Waals surface area contributed by atoms with E-state index in [4.69, 9.17) is 4.74 Å². The van der Waals surface area contributed by atoms with E-state index in [2.05, 4.69) is 15.9 Å². The molecule has 5 heteroatoms. The molecule has 0 unspecified atom stereocenters. The standard InChI is InChI=1S/C13H15BrO4/c1-2-18-13(17)12-9(6-11(16)7-14)4-3-5-10(12)8-15/h3-5,15H,2,6-8H2,1H3. The fourth-order valence-electron chi connectivity index (χ4n) is 1.66. The fourth-order valence-corrected chi connectivity index (χ4v) is 1.86. The molecule has 0 radical (unpaired) electrons. The summed E-state index contributed by atoms with van der Waals surface area (Å²) in [5.41, 5.74) is 1.37. The molecule has 0 aliphatic heterocycles. The molecule has 0 saturated carbocycles. The number of benzene rings is 1. The lowest BCUT2D eigenvalue weighted by molar-refractivity contribution is -0.115. The molecule has 0 bridgehead atoms. The zero-order valence-corrected chi connectivity index (χ0v) is 11.7. The zero-order chi connectivity index (χ0) is 13.5. The van der Waals surface area contributed by atoms with Crippen LogP contribution in [-0.4, -0.2) is 28.8 Å². The molecular weight excluding hydrogens is 300 g/mol. The predicted octanol–water partition coefficient (Wildman–Crippen LogP) is 1.86. The predicted molar refractivity (Wildman–Crippen MR) is 70.8 cm³/mol. The maximum atomic E-state index is 11.9. The normalized spacial score (nSPS) is 10.2. The van der Waals surface area contributed by atoms with Crippen molar-refractivity contribution in [2.24, 2.45) is 0 Å². The maximum Gasteiger partial charge on any atom is 0.338 e. The first-order chi connectivity index (χ1) is 8.63. The third kappa shape index (κ3) is 3.65. The number of ether oxygens (including phenoxy) is 1. The second-order valence-corrected chi connectivity index (χ2v) is 4.24. The number of rotatable bonds is 6. The molecule has 0 aliphatic carbocycles. The van der Waals surface area contributed by atoms with Crippen LogP contribution in [0.3, 0.4) is 0 Å². The number of hydrogen-bond acceptors (Lipinski definition) is 4. The van der Waals surface area contributed by atoms with Crippen molar-refractivity contribution in [2.45, 2.75) is 20.0 Å². The summed E-state index contributed by atoms with van der Waals surface area (Å²) in [6, 6.07) is 5.06. The Labute approximate surface area is 114 Å². The van der Waals surface area contributed by atoms with E-state index in [9.17, 15) is 14.7 Å². The number of ketones is 1. The van der Waals surface area contributed by atoms with E-state index in [0.717, 1.165) is 0 Å². The van der Waals surface area contributed by atoms with Crippen LogP contribution in [0.5, 0.6) is 0 Å². The van der Waals surface area contributed by atoms with Gasteiger partial charge in [-0.15, -0.1) is 0 Å². The molecule has 0 amide bonds. The molecule has 0 aromatic heterocycles. The Balaban J connectivity index is 3.15. The molecule has 1 rings (SSSR count). The number of halogens is 1. The van der Waals surface area contributed by atoms with Gasteiger partial charge in [-0.2, -0.15) is 0 Å². The van der Waals surface area contributed by atoms with Crippen LogP contribution in [0, 0.1) is 0 Å². The Morgan fingerprint density at radius 1 is 1.33 bits per heavy atom. The van der Waals surface area contributed by atoms with Crippen LogP contribution in [0.15, 0.2) is 18.2 Å². The Morgan fingerprint density at radius 2 is 2.00 bits per heavy atom. The monoisotopic (exact) mass is 314 g/mol. The topological polar surface area (TPSA) is 63.6 Å². The first-order valence-electron chi connectivity index (χ1n) is 5.60. The largest absolute Gasteiger partial charge is 0.462 e. The summed E-state index contributed by atoms with van der Waals surface area (Å²) in [5.74, 6) is -0.532. The molecule has 0 atom stereocenters. The van der Waals surface area contributed by atoms with Gasteiger partial charge in [-0.25, -0.2) is 4.79 Å². The number of esters is 1. The molecule has 18 heavy (non-hydrogen) atoms. The van der Waals surface area contributed by atoms with Crippen molar-refractivity contribution in [3.63, 3.8) is 0 Å². The van der Waals surface area contributed by atoms with Gasteiger partial charge in [0.1, 0.15) is 5.78 Å². The number of aliphatic hydroxyl groups is 1. The van der Waals surface area contributed by atoms with Gasteiger partial charge in [0, 0.05) is 6.42 Å². The lowest BCUT2D eigenvalue weighted by atomic mass is 9.98. The minimum Gasteiger partial charge on any atom is -0.462 e. The smallest absolute Gasteiger partial charge is 0.338 e. The highest BCUT2D eigenvalue weighted by Crippen LogP contribution is 2.18. The van der Waals surface area contributed by atoms with E-state index >= 15 is 0 Å². The van der Waals surface area contributed by atoms with Gasteiger partial charge in [0.2, 0.25) is 0 Å². The van der Waals surface area contributed by atoms with E-state index in [-0.39, 0.29) is 30.7 Å². The summed E-state index contributed by atoms with van der Waals surface area (Å²) in [6.07, 6.45) is 0.146. The molecule has 0 aliphatic rings. The summed E-state index contributed by atoms with van der Waals surface area (Å²) in [7, 11) is 0. The van der Waals surface area contributed by atoms with Gasteiger partial charge in [0.05, 0.1) is 24.1 Å². The summed E-state index contributed by atoms with van der Waals surface area (Å²) in [6.45, 7) is 1.71. The van der Waals surface area contributed by atoms with Crippen LogP contribution in [0.25, 0.3) is 0 Å². The van der Waals surface area contributed by atoms with Crippen LogP contribution < -0.4 is 0 Å². The molecule has 0 spiro atoms. The maximum absolute atomic E-state index is 11.9. The second kappa shape index (κ2) is 7.28. The van der Waals surface area contributed by atoms with Gasteiger partial charge in [-0.1, -0.05) is 34.1 Å². The van der Waals surface area contributed by atoms with Crippen molar-refractivity contribution in [2.75, 3.05) is 11.9 Å². The highest BCUT2D eigenvalue weighted by molar-refractivity contribution is 9.09.